The topological polar surface area (TPSA) is 55.6 Å². The van der Waals surface area contributed by atoms with E-state index in [0.29, 0.717) is 5.92 Å². The minimum Gasteiger partial charge on any atom is -0.340 e. The maximum absolute atomic E-state index is 4.48. The average Bonchev–Trinajstić information content (AvgIpc) is 3.08. The summed E-state index contributed by atoms with van der Waals surface area (Å²) >= 11 is 0. The Balaban J connectivity index is 1.70. The Morgan fingerprint density at radius 1 is 0.920 bits per heavy atom. The first-order valence-corrected chi connectivity index (χ1v) is 8.33. The number of anilines is 2. The zero-order chi connectivity index (χ0) is 17.2. The maximum atomic E-state index is 4.48. The summed E-state index contributed by atoms with van der Waals surface area (Å²) in [4.78, 5) is 8.80. The first-order valence-electron chi connectivity index (χ1n) is 8.33. The van der Waals surface area contributed by atoms with E-state index in [1.54, 1.807) is 12.5 Å². The third-order valence-electron chi connectivity index (χ3n) is 4.21. The normalized spacial score (nSPS) is 11.2. The maximum Gasteiger partial charge on any atom is 0.168 e. The van der Waals surface area contributed by atoms with Crippen LogP contribution in [0.4, 0.5) is 11.5 Å². The Kier molecular flexibility index (Phi) is 3.90. The lowest BCUT2D eigenvalue weighted by atomic mass is 10.0. The fourth-order valence-electron chi connectivity index (χ4n) is 2.79. The van der Waals surface area contributed by atoms with Crippen molar-refractivity contribution in [2.75, 3.05) is 5.32 Å². The van der Waals surface area contributed by atoms with Crippen LogP contribution in [0, 0.1) is 0 Å². The molecule has 0 amide bonds. The Morgan fingerprint density at radius 2 is 1.68 bits per heavy atom. The number of nitrogens with zero attached hydrogens (tertiary/aromatic N) is 4. The van der Waals surface area contributed by atoms with Crippen molar-refractivity contribution in [3.05, 3.63) is 72.7 Å². The molecule has 0 radical (unpaired) electrons. The summed E-state index contributed by atoms with van der Waals surface area (Å²) in [5.74, 6) is 1.27. The van der Waals surface area contributed by atoms with E-state index in [1.165, 1.54) is 5.56 Å². The molecule has 0 bridgehead atoms. The van der Waals surface area contributed by atoms with Gasteiger partial charge in [-0.3, -0.25) is 0 Å². The monoisotopic (exact) mass is 329 g/mol. The minimum atomic E-state index is 0.518. The zero-order valence-corrected chi connectivity index (χ0v) is 14.2. The molecule has 0 saturated heterocycles. The van der Waals surface area contributed by atoms with Crippen LogP contribution in [0.1, 0.15) is 25.3 Å². The Hall–Kier alpha value is -3.21. The van der Waals surface area contributed by atoms with Crippen LogP contribution in [-0.2, 0) is 0 Å². The van der Waals surface area contributed by atoms with Crippen LogP contribution in [0.25, 0.3) is 16.7 Å². The predicted octanol–water partition coefficient (Wildman–Crippen LogP) is 4.68. The molecule has 2 aromatic carbocycles. The molecule has 0 saturated carbocycles. The number of benzene rings is 2. The molecule has 0 fully saturated rings. The molecular weight excluding hydrogens is 310 g/mol. The number of hydrogen-bond acceptors (Lipinski definition) is 4. The molecule has 2 heterocycles. The van der Waals surface area contributed by atoms with Crippen molar-refractivity contribution >= 4 is 22.5 Å². The Bertz CT molecular complexity index is 988. The molecule has 0 atom stereocenters. The second-order valence-electron chi connectivity index (χ2n) is 6.25. The van der Waals surface area contributed by atoms with Crippen LogP contribution in [-0.4, -0.2) is 19.7 Å². The van der Waals surface area contributed by atoms with Gasteiger partial charge in [0.05, 0.1) is 17.3 Å². The molecule has 4 aromatic rings. The predicted molar refractivity (Wildman–Crippen MR) is 100 cm³/mol. The highest BCUT2D eigenvalue weighted by molar-refractivity contribution is 5.89. The molecule has 0 aliphatic heterocycles. The zero-order valence-electron chi connectivity index (χ0n) is 14.2. The van der Waals surface area contributed by atoms with E-state index >= 15 is 0 Å². The van der Waals surface area contributed by atoms with Gasteiger partial charge in [0.25, 0.3) is 0 Å². The highest BCUT2D eigenvalue weighted by atomic mass is 15.3. The molecule has 4 rings (SSSR count). The van der Waals surface area contributed by atoms with Gasteiger partial charge in [0.15, 0.2) is 5.65 Å². The summed E-state index contributed by atoms with van der Waals surface area (Å²) in [7, 11) is 0. The van der Waals surface area contributed by atoms with E-state index in [0.717, 1.165) is 28.2 Å². The SMILES string of the molecule is CC(C)c1ccc(Nc2ncnc3c2cnn3-c2ccccc2)cc1. The number of aromatic nitrogens is 4. The second-order valence-corrected chi connectivity index (χ2v) is 6.25. The van der Waals surface area contributed by atoms with Crippen molar-refractivity contribution < 1.29 is 0 Å². The second kappa shape index (κ2) is 6.36. The van der Waals surface area contributed by atoms with E-state index in [2.05, 4.69) is 58.5 Å². The minimum absolute atomic E-state index is 0.518. The van der Waals surface area contributed by atoms with Gasteiger partial charge in [0.1, 0.15) is 12.1 Å². The molecule has 2 aromatic heterocycles. The third-order valence-corrected chi connectivity index (χ3v) is 4.21. The highest BCUT2D eigenvalue weighted by Crippen LogP contribution is 2.25. The highest BCUT2D eigenvalue weighted by Gasteiger charge is 2.11. The first kappa shape index (κ1) is 15.3. The van der Waals surface area contributed by atoms with Crippen molar-refractivity contribution in [3.63, 3.8) is 0 Å². The standard InChI is InChI=1S/C20H19N5/c1-14(2)15-8-10-16(11-9-15)24-19-18-12-23-25(20(18)22-13-21-19)17-6-4-3-5-7-17/h3-14H,1-2H3,(H,21,22,24). The van der Waals surface area contributed by atoms with Gasteiger partial charge in [-0.05, 0) is 35.7 Å². The van der Waals surface area contributed by atoms with E-state index in [9.17, 15) is 0 Å². The fourth-order valence-corrected chi connectivity index (χ4v) is 2.79. The van der Waals surface area contributed by atoms with E-state index in [-0.39, 0.29) is 0 Å². The van der Waals surface area contributed by atoms with Crippen LogP contribution >= 0.6 is 0 Å². The average molecular weight is 329 g/mol. The Labute approximate surface area is 146 Å². The molecular formula is C20H19N5. The Morgan fingerprint density at radius 3 is 2.40 bits per heavy atom. The van der Waals surface area contributed by atoms with E-state index < -0.39 is 0 Å². The molecule has 0 aliphatic rings. The number of fused-ring (bicyclic) bond motifs is 1. The van der Waals surface area contributed by atoms with Crippen LogP contribution in [0.5, 0.6) is 0 Å². The number of para-hydroxylation sites is 1. The van der Waals surface area contributed by atoms with Gasteiger partial charge >= 0.3 is 0 Å². The van der Waals surface area contributed by atoms with Gasteiger partial charge in [-0.1, -0.05) is 44.2 Å². The lowest BCUT2D eigenvalue weighted by Crippen LogP contribution is -1.99. The first-order chi connectivity index (χ1) is 12.2. The number of nitrogens with one attached hydrogen (secondary N) is 1. The van der Waals surface area contributed by atoms with Crippen LogP contribution in [0.15, 0.2) is 67.1 Å². The molecule has 0 spiro atoms. The molecule has 5 nitrogen and oxygen atoms in total. The number of rotatable bonds is 4. The van der Waals surface area contributed by atoms with Crippen molar-refractivity contribution in [2.24, 2.45) is 0 Å². The molecule has 0 aliphatic carbocycles. The van der Waals surface area contributed by atoms with Crippen molar-refractivity contribution in [2.45, 2.75) is 19.8 Å². The van der Waals surface area contributed by atoms with Gasteiger partial charge in [0.2, 0.25) is 0 Å². The lowest BCUT2D eigenvalue weighted by molar-refractivity contribution is 0.867. The molecule has 124 valence electrons. The van der Waals surface area contributed by atoms with Gasteiger partial charge < -0.3 is 5.32 Å². The van der Waals surface area contributed by atoms with Crippen molar-refractivity contribution in [1.29, 1.82) is 0 Å². The fraction of sp³-hybridized carbons (Fsp3) is 0.150. The van der Waals surface area contributed by atoms with Crippen LogP contribution < -0.4 is 5.32 Å². The molecule has 25 heavy (non-hydrogen) atoms. The molecule has 5 heteroatoms. The van der Waals surface area contributed by atoms with Crippen molar-refractivity contribution in [1.82, 2.24) is 19.7 Å². The van der Waals surface area contributed by atoms with Gasteiger partial charge in [0, 0.05) is 5.69 Å². The third kappa shape index (κ3) is 2.96. The summed E-state index contributed by atoms with van der Waals surface area (Å²) in [5, 5.41) is 8.74. The molecule has 1 N–H and O–H groups in total. The van der Waals surface area contributed by atoms with E-state index in [4.69, 9.17) is 0 Å². The van der Waals surface area contributed by atoms with Gasteiger partial charge in [-0.15, -0.1) is 0 Å². The summed E-state index contributed by atoms with van der Waals surface area (Å²) in [6.07, 6.45) is 3.36. The van der Waals surface area contributed by atoms with Crippen LogP contribution in [0.2, 0.25) is 0 Å². The largest absolute Gasteiger partial charge is 0.340 e. The summed E-state index contributed by atoms with van der Waals surface area (Å²) in [5.41, 5.74) is 4.07. The quantitative estimate of drug-likeness (QED) is 0.590. The van der Waals surface area contributed by atoms with E-state index in [1.807, 2.05) is 35.0 Å². The smallest absolute Gasteiger partial charge is 0.168 e. The van der Waals surface area contributed by atoms with Crippen LogP contribution in [0.3, 0.4) is 0 Å². The number of hydrogen-bond donors (Lipinski definition) is 1. The summed E-state index contributed by atoms with van der Waals surface area (Å²) in [6.45, 7) is 4.38. The van der Waals surface area contributed by atoms with Crippen molar-refractivity contribution in [3.8, 4) is 5.69 Å². The summed E-state index contributed by atoms with van der Waals surface area (Å²) < 4.78 is 1.82. The lowest BCUT2D eigenvalue weighted by Gasteiger charge is -2.09. The van der Waals surface area contributed by atoms with Gasteiger partial charge in [-0.2, -0.15) is 5.10 Å². The summed E-state index contributed by atoms with van der Waals surface area (Å²) in [6, 6.07) is 18.4. The van der Waals surface area contributed by atoms with Gasteiger partial charge in [-0.25, -0.2) is 14.6 Å². The molecule has 0 unspecified atom stereocenters.